The first kappa shape index (κ1) is 21.4. The van der Waals surface area contributed by atoms with Crippen molar-refractivity contribution in [1.82, 2.24) is 10.2 Å². The lowest BCUT2D eigenvalue weighted by molar-refractivity contribution is -0.127. The smallest absolute Gasteiger partial charge is 0.219 e. The van der Waals surface area contributed by atoms with Crippen molar-refractivity contribution in [3.05, 3.63) is 83.9 Å². The standard InChI is InChI=1S/C25H28N2O.ClH/c1-18(23-14-8-12-20-11-6-7-13-24(20)23)26-15-22-16-27(19(2)28)17-25(22)21-9-4-3-5-10-21;/h3-14,18,22,25-26H,15-17H2,1-2H3;1H/t18-,22-,25+;/m1./s1. The Bertz CT molecular complexity index is 954. The number of likely N-dealkylation sites (tertiary alicyclic amines) is 1. The van der Waals surface area contributed by atoms with Crippen molar-refractivity contribution in [3.63, 3.8) is 0 Å². The lowest BCUT2D eigenvalue weighted by Gasteiger charge is -2.23. The van der Waals surface area contributed by atoms with Crippen LogP contribution in [0, 0.1) is 5.92 Å². The van der Waals surface area contributed by atoms with Crippen LogP contribution in [0.1, 0.15) is 36.9 Å². The highest BCUT2D eigenvalue weighted by molar-refractivity contribution is 5.86. The molecule has 152 valence electrons. The van der Waals surface area contributed by atoms with Crippen molar-refractivity contribution in [3.8, 4) is 0 Å². The van der Waals surface area contributed by atoms with E-state index in [1.165, 1.54) is 21.9 Å². The Morgan fingerprint density at radius 1 is 1.00 bits per heavy atom. The average molecular weight is 409 g/mol. The Morgan fingerprint density at radius 2 is 1.69 bits per heavy atom. The summed E-state index contributed by atoms with van der Waals surface area (Å²) >= 11 is 0. The molecule has 1 amide bonds. The predicted molar refractivity (Wildman–Crippen MR) is 123 cm³/mol. The van der Waals surface area contributed by atoms with Crippen LogP contribution in [0.3, 0.4) is 0 Å². The fraction of sp³-hybridized carbons (Fsp3) is 0.320. The highest BCUT2D eigenvalue weighted by Crippen LogP contribution is 2.33. The molecule has 1 N–H and O–H groups in total. The fourth-order valence-electron chi connectivity index (χ4n) is 4.48. The normalized spacial score (nSPS) is 19.7. The Morgan fingerprint density at radius 3 is 2.45 bits per heavy atom. The Balaban J connectivity index is 0.00000240. The van der Waals surface area contributed by atoms with Crippen LogP contribution in [0.5, 0.6) is 0 Å². The van der Waals surface area contributed by atoms with E-state index in [0.717, 1.165) is 19.6 Å². The molecule has 3 aromatic carbocycles. The van der Waals surface area contributed by atoms with Crippen LogP contribution in [-0.4, -0.2) is 30.4 Å². The maximum Gasteiger partial charge on any atom is 0.219 e. The summed E-state index contributed by atoms with van der Waals surface area (Å²) in [6.45, 7) is 6.44. The second-order valence-corrected chi connectivity index (χ2v) is 7.90. The van der Waals surface area contributed by atoms with Gasteiger partial charge in [-0.2, -0.15) is 0 Å². The molecule has 0 saturated carbocycles. The van der Waals surface area contributed by atoms with Gasteiger partial charge in [-0.3, -0.25) is 4.79 Å². The summed E-state index contributed by atoms with van der Waals surface area (Å²) < 4.78 is 0. The zero-order valence-corrected chi connectivity index (χ0v) is 17.9. The average Bonchev–Trinajstić information content (AvgIpc) is 3.17. The van der Waals surface area contributed by atoms with E-state index >= 15 is 0 Å². The second-order valence-electron chi connectivity index (χ2n) is 7.90. The summed E-state index contributed by atoms with van der Waals surface area (Å²) in [7, 11) is 0. The second kappa shape index (κ2) is 9.43. The van der Waals surface area contributed by atoms with Crippen LogP contribution in [-0.2, 0) is 4.79 Å². The minimum Gasteiger partial charge on any atom is -0.342 e. The largest absolute Gasteiger partial charge is 0.342 e. The summed E-state index contributed by atoms with van der Waals surface area (Å²) in [4.78, 5) is 14.0. The van der Waals surface area contributed by atoms with E-state index in [-0.39, 0.29) is 24.4 Å². The number of halogens is 1. The summed E-state index contributed by atoms with van der Waals surface area (Å²) in [5.74, 6) is 0.978. The van der Waals surface area contributed by atoms with E-state index in [0.29, 0.717) is 11.8 Å². The lowest BCUT2D eigenvalue weighted by Crippen LogP contribution is -2.31. The van der Waals surface area contributed by atoms with Gasteiger partial charge in [0.05, 0.1) is 0 Å². The number of hydrogen-bond acceptors (Lipinski definition) is 2. The van der Waals surface area contributed by atoms with E-state index in [9.17, 15) is 4.79 Å². The van der Waals surface area contributed by atoms with E-state index in [4.69, 9.17) is 0 Å². The monoisotopic (exact) mass is 408 g/mol. The zero-order chi connectivity index (χ0) is 19.5. The van der Waals surface area contributed by atoms with E-state index in [2.05, 4.69) is 85.0 Å². The molecule has 0 bridgehead atoms. The number of amides is 1. The number of nitrogens with one attached hydrogen (secondary N) is 1. The van der Waals surface area contributed by atoms with Crippen molar-refractivity contribution >= 4 is 29.1 Å². The van der Waals surface area contributed by atoms with Crippen LogP contribution in [0.25, 0.3) is 10.8 Å². The molecule has 4 rings (SSSR count). The SMILES string of the molecule is CC(=O)N1C[C@@H](CN[C@H](C)c2cccc3ccccc23)[C@H](c2ccccc2)C1.Cl. The molecule has 0 aromatic heterocycles. The Hall–Kier alpha value is -2.36. The Labute approximate surface area is 179 Å². The number of carbonyl (C=O) groups is 1. The molecule has 3 nitrogen and oxygen atoms in total. The van der Waals surface area contributed by atoms with Gasteiger partial charge in [0.1, 0.15) is 0 Å². The molecule has 1 heterocycles. The molecular formula is C25H29ClN2O. The fourth-order valence-corrected chi connectivity index (χ4v) is 4.48. The molecular weight excluding hydrogens is 380 g/mol. The summed E-state index contributed by atoms with van der Waals surface area (Å²) in [6, 6.07) is 25.9. The minimum absolute atomic E-state index is 0. The number of hydrogen-bond donors (Lipinski definition) is 1. The van der Waals surface area contributed by atoms with Crippen molar-refractivity contribution < 1.29 is 4.79 Å². The topological polar surface area (TPSA) is 32.3 Å². The van der Waals surface area contributed by atoms with Crippen molar-refractivity contribution in [2.75, 3.05) is 19.6 Å². The van der Waals surface area contributed by atoms with Gasteiger partial charge < -0.3 is 10.2 Å². The first-order valence-electron chi connectivity index (χ1n) is 10.1. The van der Waals surface area contributed by atoms with Gasteiger partial charge in [0, 0.05) is 38.5 Å². The molecule has 0 radical (unpaired) electrons. The summed E-state index contributed by atoms with van der Waals surface area (Å²) in [5, 5.41) is 6.34. The number of benzene rings is 3. The number of fused-ring (bicyclic) bond motifs is 1. The highest BCUT2D eigenvalue weighted by Gasteiger charge is 2.34. The van der Waals surface area contributed by atoms with Gasteiger partial charge in [-0.15, -0.1) is 12.4 Å². The van der Waals surface area contributed by atoms with Crippen molar-refractivity contribution in [1.29, 1.82) is 0 Å². The molecule has 1 aliphatic rings. The first-order chi connectivity index (χ1) is 13.6. The predicted octanol–water partition coefficient (Wildman–Crippen LogP) is 5.17. The van der Waals surface area contributed by atoms with E-state index in [1.807, 2.05) is 4.90 Å². The summed E-state index contributed by atoms with van der Waals surface area (Å²) in [5.41, 5.74) is 2.66. The first-order valence-corrected chi connectivity index (χ1v) is 10.1. The van der Waals surface area contributed by atoms with Gasteiger partial charge in [-0.25, -0.2) is 0 Å². The molecule has 4 heteroatoms. The number of carbonyl (C=O) groups excluding carboxylic acids is 1. The molecule has 3 aromatic rings. The Kier molecular flexibility index (Phi) is 6.94. The van der Waals surface area contributed by atoms with Gasteiger partial charge in [-0.05, 0) is 34.7 Å². The van der Waals surface area contributed by atoms with E-state index in [1.54, 1.807) is 6.92 Å². The van der Waals surface area contributed by atoms with Crippen molar-refractivity contribution in [2.24, 2.45) is 5.92 Å². The maximum atomic E-state index is 12.0. The molecule has 0 spiro atoms. The summed E-state index contributed by atoms with van der Waals surface area (Å²) in [6.07, 6.45) is 0. The van der Waals surface area contributed by atoms with Crippen molar-refractivity contribution in [2.45, 2.75) is 25.8 Å². The molecule has 0 aliphatic carbocycles. The van der Waals surface area contributed by atoms with Gasteiger partial charge in [0.2, 0.25) is 5.91 Å². The van der Waals surface area contributed by atoms with Gasteiger partial charge >= 0.3 is 0 Å². The third-order valence-corrected chi connectivity index (χ3v) is 6.09. The third-order valence-electron chi connectivity index (χ3n) is 6.09. The van der Waals surface area contributed by atoms with E-state index < -0.39 is 0 Å². The van der Waals surface area contributed by atoms with Crippen LogP contribution in [0.4, 0.5) is 0 Å². The zero-order valence-electron chi connectivity index (χ0n) is 17.0. The molecule has 3 atom stereocenters. The van der Waals surface area contributed by atoms with Crippen LogP contribution in [0.15, 0.2) is 72.8 Å². The maximum absolute atomic E-state index is 12.0. The highest BCUT2D eigenvalue weighted by atomic mass is 35.5. The van der Waals surface area contributed by atoms with Crippen LogP contribution < -0.4 is 5.32 Å². The van der Waals surface area contributed by atoms with Crippen LogP contribution in [0.2, 0.25) is 0 Å². The minimum atomic E-state index is 0. The quantitative estimate of drug-likeness (QED) is 0.631. The molecule has 0 unspecified atom stereocenters. The molecule has 1 saturated heterocycles. The number of rotatable bonds is 5. The third kappa shape index (κ3) is 4.63. The van der Waals surface area contributed by atoms with Gasteiger partial charge in [0.15, 0.2) is 0 Å². The van der Waals surface area contributed by atoms with Gasteiger partial charge in [-0.1, -0.05) is 72.8 Å². The molecule has 1 fully saturated rings. The molecule has 29 heavy (non-hydrogen) atoms. The van der Waals surface area contributed by atoms with Crippen LogP contribution >= 0.6 is 12.4 Å². The number of nitrogens with zero attached hydrogens (tertiary/aromatic N) is 1. The van der Waals surface area contributed by atoms with Gasteiger partial charge in [0.25, 0.3) is 0 Å². The lowest BCUT2D eigenvalue weighted by atomic mass is 9.88. The molecule has 1 aliphatic heterocycles.